The number of benzene rings is 14. The van der Waals surface area contributed by atoms with Crippen molar-refractivity contribution in [1.82, 2.24) is 0 Å². The molecule has 0 saturated carbocycles. The van der Waals surface area contributed by atoms with Crippen LogP contribution in [0.3, 0.4) is 0 Å². The minimum Gasteiger partial charge on any atom is -0.237 e. The molecule has 0 aromatic heterocycles. The van der Waals surface area contributed by atoms with E-state index >= 15 is 0 Å². The molecule has 1 saturated heterocycles. The molecule has 14 aromatic carbocycles. The maximum absolute atomic E-state index is 5.54. The second-order valence-corrected chi connectivity index (χ2v) is 31.1. The molecule has 0 amide bonds. The standard InChI is InChI=1S/C92H66Br4N2S2/c1-57-15-23-63(24-16-57)67-31-39-71(40-32-67)79-49-75(61-11-7-5-8-12-61)50-80(72-41-33-68(34-42-72)64-25-17-58(2)18-26-64)87(79)77-53-83(93)89(84(94)54-77)97-91-92(100-48-47-99-91)98-90-85(95)55-78(56-86(90)96)88-81(73-43-35-69(36-44-73)65-27-19-59(3)20-28-65)51-76(62-13-9-6-10-14-62)52-82(88)74-45-37-70(38-46-74)66-29-21-60(4)22-30-66/h5-46,49-56H,47-48H2,1-4H3. The predicted molar refractivity (Wildman–Crippen MR) is 447 cm³/mol. The monoisotopic (exact) mass is 1580 g/mol. The Labute approximate surface area is 629 Å². The number of aryl methyl sites for hydroxylation is 4. The summed E-state index contributed by atoms with van der Waals surface area (Å²) in [6.45, 7) is 8.53. The summed E-state index contributed by atoms with van der Waals surface area (Å²) in [6, 6.07) is 111. The van der Waals surface area contributed by atoms with E-state index in [1.54, 1.807) is 23.5 Å². The van der Waals surface area contributed by atoms with Crippen molar-refractivity contribution in [3.63, 3.8) is 0 Å². The maximum Gasteiger partial charge on any atom is 0.129 e. The largest absolute Gasteiger partial charge is 0.237 e. The van der Waals surface area contributed by atoms with E-state index in [2.05, 4.69) is 395 Å². The fourth-order valence-corrected chi connectivity index (χ4v) is 17.9. The van der Waals surface area contributed by atoms with Crippen molar-refractivity contribution in [3.05, 3.63) is 343 Å². The molecule has 0 aliphatic carbocycles. The van der Waals surface area contributed by atoms with Crippen LogP contribution in [0.2, 0.25) is 0 Å². The van der Waals surface area contributed by atoms with E-state index in [4.69, 9.17) is 9.98 Å². The number of hydrogen-bond acceptors (Lipinski definition) is 4. The van der Waals surface area contributed by atoms with Gasteiger partial charge in [-0.3, -0.25) is 0 Å². The van der Waals surface area contributed by atoms with Gasteiger partial charge in [-0.25, -0.2) is 9.98 Å². The molecule has 1 fully saturated rings. The Balaban J connectivity index is 0.836. The van der Waals surface area contributed by atoms with Crippen LogP contribution in [-0.2, 0) is 0 Å². The van der Waals surface area contributed by atoms with Crippen molar-refractivity contribution >= 4 is 109 Å². The number of hydrogen-bond donors (Lipinski definition) is 0. The number of aliphatic imine (C=N–C) groups is 2. The van der Waals surface area contributed by atoms with E-state index in [0.717, 1.165) is 140 Å². The zero-order valence-corrected chi connectivity index (χ0v) is 63.5. The van der Waals surface area contributed by atoms with Gasteiger partial charge in [-0.15, -0.1) is 23.5 Å². The van der Waals surface area contributed by atoms with Crippen LogP contribution in [0.15, 0.2) is 331 Å². The SMILES string of the molecule is Cc1ccc(-c2ccc(-c3cc(-c4ccccc4)cc(-c4ccc(-c5ccc(C)cc5)cc4)c3-c3cc(Br)c(N=C4SCCSC4=Nc4c(Br)cc(-c5c(-c6ccc(-c7ccc(C)cc7)cc6)cc(-c6ccccc6)cc5-c5ccc(-c6ccc(C)cc6)cc5)cc4Br)c(Br)c3)cc2)cc1. The lowest BCUT2D eigenvalue weighted by atomic mass is 9.84. The zero-order valence-electron chi connectivity index (χ0n) is 55.5. The maximum atomic E-state index is 5.54. The van der Waals surface area contributed by atoms with Crippen LogP contribution in [0.1, 0.15) is 22.3 Å². The Kier molecular flexibility index (Phi) is 19.9. The predicted octanol–water partition coefficient (Wildman–Crippen LogP) is 29.2. The van der Waals surface area contributed by atoms with E-state index in [9.17, 15) is 0 Å². The van der Waals surface area contributed by atoms with Gasteiger partial charge in [0.2, 0.25) is 0 Å². The van der Waals surface area contributed by atoms with E-state index in [1.165, 1.54) is 66.8 Å². The number of thioether (sulfide) groups is 2. The molecule has 15 rings (SSSR count). The number of nitrogens with zero attached hydrogens (tertiary/aromatic N) is 2. The first-order valence-corrected chi connectivity index (χ1v) is 38.5. The van der Waals surface area contributed by atoms with Crippen LogP contribution in [0.4, 0.5) is 11.4 Å². The highest BCUT2D eigenvalue weighted by Gasteiger charge is 2.25. The van der Waals surface area contributed by atoms with Crippen LogP contribution in [0.25, 0.3) is 134 Å². The molecule has 0 bridgehead atoms. The van der Waals surface area contributed by atoms with Gasteiger partial charge in [-0.1, -0.05) is 277 Å². The molecular formula is C92H66Br4N2S2. The van der Waals surface area contributed by atoms with Crippen molar-refractivity contribution in [2.75, 3.05) is 11.5 Å². The Hall–Kier alpha value is -8.96. The Bertz CT molecular complexity index is 4800. The minimum absolute atomic E-state index is 0.793. The summed E-state index contributed by atoms with van der Waals surface area (Å²) in [6.07, 6.45) is 0. The van der Waals surface area contributed by atoms with Crippen LogP contribution in [0, 0.1) is 27.7 Å². The number of halogens is 4. The highest BCUT2D eigenvalue weighted by atomic mass is 79.9. The van der Waals surface area contributed by atoms with Gasteiger partial charge in [0.05, 0.1) is 11.4 Å². The Morgan fingerprint density at radius 3 is 0.650 bits per heavy atom. The second-order valence-electron chi connectivity index (χ2n) is 25.5. The molecule has 1 aliphatic rings. The summed E-state index contributed by atoms with van der Waals surface area (Å²) in [5, 5.41) is 1.71. The average molecular weight is 1580 g/mol. The molecule has 100 heavy (non-hydrogen) atoms. The summed E-state index contributed by atoms with van der Waals surface area (Å²) in [4.78, 5) is 11.1. The summed E-state index contributed by atoms with van der Waals surface area (Å²) in [5.41, 5.74) is 33.9. The van der Waals surface area contributed by atoms with Gasteiger partial charge < -0.3 is 0 Å². The smallest absolute Gasteiger partial charge is 0.129 e. The van der Waals surface area contributed by atoms with Crippen molar-refractivity contribution in [2.45, 2.75) is 27.7 Å². The molecule has 0 unspecified atom stereocenters. The zero-order chi connectivity index (χ0) is 68.4. The third-order valence-corrected chi connectivity index (χ3v) is 23.3. The second kappa shape index (κ2) is 29.7. The lowest BCUT2D eigenvalue weighted by Crippen LogP contribution is -2.14. The Morgan fingerprint density at radius 1 is 0.220 bits per heavy atom. The minimum atomic E-state index is 0.793. The van der Waals surface area contributed by atoms with Gasteiger partial charge in [-0.2, -0.15) is 0 Å². The first-order chi connectivity index (χ1) is 48.8. The first-order valence-electron chi connectivity index (χ1n) is 33.4. The highest BCUT2D eigenvalue weighted by molar-refractivity contribution is 9.11. The molecule has 0 spiro atoms. The third-order valence-electron chi connectivity index (χ3n) is 18.6. The molecule has 484 valence electrons. The van der Waals surface area contributed by atoms with Crippen LogP contribution in [0.5, 0.6) is 0 Å². The van der Waals surface area contributed by atoms with Gasteiger partial charge in [0.1, 0.15) is 10.1 Å². The topological polar surface area (TPSA) is 24.7 Å². The van der Waals surface area contributed by atoms with Crippen molar-refractivity contribution in [3.8, 4) is 134 Å². The summed E-state index contributed by atoms with van der Waals surface area (Å²) in [5.74, 6) is 1.79. The molecule has 1 heterocycles. The van der Waals surface area contributed by atoms with Gasteiger partial charge in [0.15, 0.2) is 0 Å². The van der Waals surface area contributed by atoms with E-state index < -0.39 is 0 Å². The first kappa shape index (κ1) is 66.9. The fraction of sp³-hybridized carbons (Fsp3) is 0.0652. The fourth-order valence-electron chi connectivity index (χ4n) is 13.2. The summed E-state index contributed by atoms with van der Waals surface area (Å²) in [7, 11) is 0. The van der Waals surface area contributed by atoms with Gasteiger partial charge >= 0.3 is 0 Å². The molecule has 0 N–H and O–H groups in total. The summed E-state index contributed by atoms with van der Waals surface area (Å²) >= 11 is 20.1. The van der Waals surface area contributed by atoms with E-state index in [1.807, 2.05) is 0 Å². The molecule has 14 aromatic rings. The molecule has 0 atom stereocenters. The summed E-state index contributed by atoms with van der Waals surface area (Å²) < 4.78 is 3.44. The van der Waals surface area contributed by atoms with E-state index in [0.29, 0.717) is 0 Å². The van der Waals surface area contributed by atoms with Crippen LogP contribution >= 0.6 is 87.2 Å². The number of rotatable bonds is 14. The quantitative estimate of drug-likeness (QED) is 0.108. The van der Waals surface area contributed by atoms with Crippen molar-refractivity contribution in [1.29, 1.82) is 0 Å². The molecular weight excluding hydrogens is 1520 g/mol. The molecule has 2 nitrogen and oxygen atoms in total. The van der Waals surface area contributed by atoms with Gasteiger partial charge in [0.25, 0.3) is 0 Å². The molecule has 8 heteroatoms. The van der Waals surface area contributed by atoms with Gasteiger partial charge in [-0.05, 0) is 273 Å². The molecule has 1 aliphatic heterocycles. The van der Waals surface area contributed by atoms with E-state index in [-0.39, 0.29) is 0 Å². The van der Waals surface area contributed by atoms with Crippen LogP contribution < -0.4 is 0 Å². The highest BCUT2D eigenvalue weighted by Crippen LogP contribution is 2.51. The third kappa shape index (κ3) is 14.5. The van der Waals surface area contributed by atoms with Crippen LogP contribution in [-0.4, -0.2) is 21.6 Å². The lowest BCUT2D eigenvalue weighted by Gasteiger charge is -2.21. The lowest BCUT2D eigenvalue weighted by molar-refractivity contribution is 1.44. The van der Waals surface area contributed by atoms with Crippen molar-refractivity contribution in [2.24, 2.45) is 9.98 Å². The normalized spacial score (nSPS) is 13.1. The Morgan fingerprint density at radius 2 is 0.420 bits per heavy atom. The van der Waals surface area contributed by atoms with Crippen molar-refractivity contribution < 1.29 is 0 Å². The average Bonchev–Trinajstić information content (AvgIpc) is 0.760. The van der Waals surface area contributed by atoms with Gasteiger partial charge in [0, 0.05) is 29.4 Å². The molecule has 0 radical (unpaired) electrons.